The monoisotopic (exact) mass is 293 g/mol. The lowest BCUT2D eigenvalue weighted by Gasteiger charge is -2.12. The van der Waals surface area contributed by atoms with Crippen molar-refractivity contribution in [3.8, 4) is 11.8 Å². The van der Waals surface area contributed by atoms with Gasteiger partial charge in [-0.25, -0.2) is 0 Å². The first-order valence-corrected chi connectivity index (χ1v) is 7.79. The highest BCUT2D eigenvalue weighted by Crippen LogP contribution is 2.22. The molecule has 0 saturated carbocycles. The first-order chi connectivity index (χ1) is 10.6. The van der Waals surface area contributed by atoms with Gasteiger partial charge in [0.05, 0.1) is 18.6 Å². The van der Waals surface area contributed by atoms with E-state index in [-0.39, 0.29) is 5.92 Å². The summed E-state index contributed by atoms with van der Waals surface area (Å²) in [6, 6.07) is 18.7. The summed E-state index contributed by atoms with van der Waals surface area (Å²) in [4.78, 5) is 0. The van der Waals surface area contributed by atoms with Crippen LogP contribution in [0.15, 0.2) is 48.5 Å². The van der Waals surface area contributed by atoms with Crippen LogP contribution in [0.25, 0.3) is 0 Å². The lowest BCUT2D eigenvalue weighted by Crippen LogP contribution is -2.04. The molecular formula is C20H23NO. The molecule has 2 aromatic carbocycles. The smallest absolute Gasteiger partial charge is 0.119 e. The van der Waals surface area contributed by atoms with E-state index in [1.54, 1.807) is 0 Å². The molecule has 0 fully saturated rings. The molecule has 0 saturated heterocycles. The summed E-state index contributed by atoms with van der Waals surface area (Å²) in [6.07, 6.45) is 0.700. The minimum Gasteiger partial charge on any atom is -0.494 e. The van der Waals surface area contributed by atoms with Crippen molar-refractivity contribution in [1.29, 1.82) is 5.26 Å². The molecule has 0 radical (unpaired) electrons. The van der Waals surface area contributed by atoms with Gasteiger partial charge in [0.2, 0.25) is 0 Å². The van der Waals surface area contributed by atoms with Crippen LogP contribution in [-0.2, 0) is 0 Å². The zero-order valence-corrected chi connectivity index (χ0v) is 13.5. The maximum atomic E-state index is 9.39. The van der Waals surface area contributed by atoms with Crippen molar-refractivity contribution in [2.24, 2.45) is 0 Å². The van der Waals surface area contributed by atoms with Crippen molar-refractivity contribution in [1.82, 2.24) is 0 Å². The molecule has 2 rings (SSSR count). The molecule has 0 aliphatic carbocycles. The van der Waals surface area contributed by atoms with Crippen LogP contribution in [0, 0.1) is 18.3 Å². The molecule has 0 aliphatic heterocycles. The summed E-state index contributed by atoms with van der Waals surface area (Å²) in [5, 5.41) is 9.39. The average molecular weight is 293 g/mol. The van der Waals surface area contributed by atoms with E-state index in [4.69, 9.17) is 4.74 Å². The van der Waals surface area contributed by atoms with Crippen LogP contribution in [-0.4, -0.2) is 6.61 Å². The maximum Gasteiger partial charge on any atom is 0.119 e. The van der Waals surface area contributed by atoms with E-state index in [0.717, 1.165) is 11.3 Å². The van der Waals surface area contributed by atoms with E-state index < -0.39 is 0 Å². The van der Waals surface area contributed by atoms with Crippen LogP contribution in [0.4, 0.5) is 0 Å². The molecule has 0 N–H and O–H groups in total. The number of nitrogens with zero attached hydrogens (tertiary/aromatic N) is 1. The topological polar surface area (TPSA) is 33.0 Å². The molecule has 1 unspecified atom stereocenters. The standard InChI is InChI=1S/C20H23NO/c1-15(2)17-6-8-18(9-7-17)19(14-21)12-13-22-20-10-4-16(3)5-11-20/h4-11,15,19H,12-13H2,1-3H3. The molecule has 2 nitrogen and oxygen atoms in total. The Labute approximate surface area is 133 Å². The summed E-state index contributed by atoms with van der Waals surface area (Å²) in [5.74, 6) is 1.25. The highest BCUT2D eigenvalue weighted by molar-refractivity contribution is 5.30. The fourth-order valence-electron chi connectivity index (χ4n) is 2.35. The number of ether oxygens (including phenoxy) is 1. The lowest BCUT2D eigenvalue weighted by molar-refractivity contribution is 0.306. The predicted octanol–water partition coefficient (Wildman–Crippen LogP) is 5.19. The van der Waals surface area contributed by atoms with Crippen molar-refractivity contribution in [3.05, 3.63) is 65.2 Å². The molecular weight excluding hydrogens is 270 g/mol. The van der Waals surface area contributed by atoms with Crippen molar-refractivity contribution in [2.75, 3.05) is 6.61 Å². The number of rotatable bonds is 6. The van der Waals surface area contributed by atoms with Gasteiger partial charge in [-0.15, -0.1) is 0 Å². The minimum atomic E-state index is -0.119. The number of hydrogen-bond donors (Lipinski definition) is 0. The molecule has 1 atom stereocenters. The molecule has 0 aromatic heterocycles. The minimum absolute atomic E-state index is 0.119. The van der Waals surface area contributed by atoms with Crippen LogP contribution in [0.3, 0.4) is 0 Å². The normalized spacial score (nSPS) is 12.0. The molecule has 0 spiro atoms. The molecule has 0 aliphatic rings. The Bertz CT molecular complexity index is 620. The van der Waals surface area contributed by atoms with Gasteiger partial charge in [0.25, 0.3) is 0 Å². The predicted molar refractivity (Wildman–Crippen MR) is 90.2 cm³/mol. The quantitative estimate of drug-likeness (QED) is 0.733. The first-order valence-electron chi connectivity index (χ1n) is 7.79. The summed E-state index contributed by atoms with van der Waals surface area (Å²) in [6.45, 7) is 6.95. The van der Waals surface area contributed by atoms with Gasteiger partial charge in [0.15, 0.2) is 0 Å². The zero-order chi connectivity index (χ0) is 15.9. The fraction of sp³-hybridized carbons (Fsp3) is 0.350. The van der Waals surface area contributed by atoms with Crippen LogP contribution in [0.5, 0.6) is 5.75 Å². The zero-order valence-electron chi connectivity index (χ0n) is 13.5. The summed E-state index contributed by atoms with van der Waals surface area (Å²) in [7, 11) is 0. The molecule has 2 heteroatoms. The molecule has 0 heterocycles. The summed E-state index contributed by atoms with van der Waals surface area (Å²) in [5.41, 5.74) is 3.59. The number of nitriles is 1. The first kappa shape index (κ1) is 16.1. The number of hydrogen-bond acceptors (Lipinski definition) is 2. The second kappa shape index (κ2) is 7.66. The van der Waals surface area contributed by atoms with E-state index in [1.165, 1.54) is 11.1 Å². The molecule has 0 amide bonds. The van der Waals surface area contributed by atoms with Gasteiger partial charge in [-0.1, -0.05) is 55.8 Å². The average Bonchev–Trinajstić information content (AvgIpc) is 2.53. The van der Waals surface area contributed by atoms with Gasteiger partial charge in [-0.05, 0) is 36.1 Å². The second-order valence-corrected chi connectivity index (χ2v) is 5.95. The Morgan fingerprint density at radius 1 is 0.955 bits per heavy atom. The van der Waals surface area contributed by atoms with Crippen LogP contribution in [0.1, 0.15) is 48.8 Å². The van der Waals surface area contributed by atoms with Crippen molar-refractivity contribution >= 4 is 0 Å². The van der Waals surface area contributed by atoms with Gasteiger partial charge < -0.3 is 4.74 Å². The Hall–Kier alpha value is -2.27. The van der Waals surface area contributed by atoms with Crippen LogP contribution in [0.2, 0.25) is 0 Å². The fourth-order valence-corrected chi connectivity index (χ4v) is 2.35. The Balaban J connectivity index is 1.92. The van der Waals surface area contributed by atoms with Crippen molar-refractivity contribution in [2.45, 2.75) is 39.0 Å². The Morgan fingerprint density at radius 2 is 1.55 bits per heavy atom. The van der Waals surface area contributed by atoms with E-state index in [1.807, 2.05) is 24.3 Å². The van der Waals surface area contributed by atoms with Gasteiger partial charge in [0, 0.05) is 6.42 Å². The highest BCUT2D eigenvalue weighted by Gasteiger charge is 2.11. The Kier molecular flexibility index (Phi) is 5.61. The Morgan fingerprint density at radius 3 is 2.09 bits per heavy atom. The largest absolute Gasteiger partial charge is 0.494 e. The van der Waals surface area contributed by atoms with Crippen molar-refractivity contribution < 1.29 is 4.74 Å². The van der Waals surface area contributed by atoms with E-state index >= 15 is 0 Å². The highest BCUT2D eigenvalue weighted by atomic mass is 16.5. The van der Waals surface area contributed by atoms with Gasteiger partial charge in [-0.2, -0.15) is 5.26 Å². The third-order valence-corrected chi connectivity index (χ3v) is 3.86. The number of benzene rings is 2. The third kappa shape index (κ3) is 4.36. The van der Waals surface area contributed by atoms with E-state index in [0.29, 0.717) is 18.9 Å². The third-order valence-electron chi connectivity index (χ3n) is 3.86. The molecule has 22 heavy (non-hydrogen) atoms. The summed E-state index contributed by atoms with van der Waals surface area (Å²) < 4.78 is 5.73. The number of aryl methyl sites for hydroxylation is 1. The van der Waals surface area contributed by atoms with Gasteiger partial charge >= 0.3 is 0 Å². The van der Waals surface area contributed by atoms with E-state index in [2.05, 4.69) is 51.1 Å². The lowest BCUT2D eigenvalue weighted by atomic mass is 9.94. The second-order valence-electron chi connectivity index (χ2n) is 5.95. The van der Waals surface area contributed by atoms with Gasteiger partial charge in [-0.3, -0.25) is 0 Å². The molecule has 2 aromatic rings. The SMILES string of the molecule is Cc1ccc(OCCC(C#N)c2ccc(C(C)C)cc2)cc1. The molecule has 114 valence electrons. The summed E-state index contributed by atoms with van der Waals surface area (Å²) >= 11 is 0. The maximum absolute atomic E-state index is 9.39. The van der Waals surface area contributed by atoms with Crippen LogP contribution < -0.4 is 4.74 Å². The molecule has 0 bridgehead atoms. The van der Waals surface area contributed by atoms with E-state index in [9.17, 15) is 5.26 Å². The van der Waals surface area contributed by atoms with Crippen molar-refractivity contribution in [3.63, 3.8) is 0 Å². The van der Waals surface area contributed by atoms with Gasteiger partial charge in [0.1, 0.15) is 5.75 Å². The van der Waals surface area contributed by atoms with Crippen LogP contribution >= 0.6 is 0 Å².